The fraction of sp³-hybridized carbons (Fsp3) is 0.0645. The van der Waals surface area contributed by atoms with Gasteiger partial charge in [-0.1, -0.05) is 82.7 Å². The maximum absolute atomic E-state index is 13.6. The lowest BCUT2D eigenvalue weighted by atomic mass is 9.95. The first kappa shape index (κ1) is 28.9. The van der Waals surface area contributed by atoms with Crippen LogP contribution in [0.25, 0.3) is 5.76 Å². The van der Waals surface area contributed by atoms with Crippen molar-refractivity contribution in [3.05, 3.63) is 130 Å². The van der Waals surface area contributed by atoms with Gasteiger partial charge in [-0.05, 0) is 59.7 Å². The molecule has 1 unspecified atom stereocenters. The Morgan fingerprint density at radius 2 is 1.70 bits per heavy atom. The Hall–Kier alpha value is -4.22. The second kappa shape index (κ2) is 12.6. The Bertz CT molecular complexity index is 1850. The summed E-state index contributed by atoms with van der Waals surface area (Å²) in [4.78, 5) is 32.3. The number of benzene rings is 3. The van der Waals surface area contributed by atoms with E-state index in [-0.39, 0.29) is 16.5 Å². The van der Waals surface area contributed by atoms with Crippen molar-refractivity contribution in [2.45, 2.75) is 16.1 Å². The molecule has 2 aromatic heterocycles. The maximum atomic E-state index is 13.6. The fourth-order valence-electron chi connectivity index (χ4n) is 4.52. The van der Waals surface area contributed by atoms with Crippen LogP contribution in [0, 0.1) is 0 Å². The number of aromatic nitrogens is 3. The molecule has 0 spiro atoms. The maximum Gasteiger partial charge on any atom is 0.301 e. The third-order valence-electron chi connectivity index (χ3n) is 6.52. The van der Waals surface area contributed by atoms with Gasteiger partial charge in [0.05, 0.1) is 11.6 Å². The molecule has 6 rings (SSSR count). The van der Waals surface area contributed by atoms with Crippen molar-refractivity contribution < 1.29 is 19.4 Å². The fourth-order valence-corrected chi connectivity index (χ4v) is 6.95. The zero-order valence-corrected chi connectivity index (χ0v) is 25.2. The summed E-state index contributed by atoms with van der Waals surface area (Å²) in [6, 6.07) is 23.7. The van der Waals surface area contributed by atoms with Gasteiger partial charge in [-0.15, -0.1) is 10.2 Å². The molecule has 8 nitrogen and oxygen atoms in total. The summed E-state index contributed by atoms with van der Waals surface area (Å²) in [6.07, 6.45) is 2.99. The number of hydrogen-bond donors (Lipinski definition) is 1. The highest BCUT2D eigenvalue weighted by atomic mass is 35.5. The van der Waals surface area contributed by atoms with E-state index < -0.39 is 17.7 Å². The van der Waals surface area contributed by atoms with E-state index in [1.54, 1.807) is 48.5 Å². The van der Waals surface area contributed by atoms with Crippen LogP contribution in [0.1, 0.15) is 22.7 Å². The number of anilines is 1. The molecule has 1 amide bonds. The van der Waals surface area contributed by atoms with E-state index in [0.29, 0.717) is 42.8 Å². The largest absolute Gasteiger partial charge is 0.507 e. The number of carbonyl (C=O) groups excluding carboxylic acids is 2. The van der Waals surface area contributed by atoms with Gasteiger partial charge in [0.2, 0.25) is 5.13 Å². The molecule has 0 saturated carbocycles. The van der Waals surface area contributed by atoms with Gasteiger partial charge in [-0.2, -0.15) is 0 Å². The zero-order chi connectivity index (χ0) is 29.9. The van der Waals surface area contributed by atoms with Crippen molar-refractivity contribution in [3.63, 3.8) is 0 Å². The molecule has 43 heavy (non-hydrogen) atoms. The van der Waals surface area contributed by atoms with E-state index in [1.165, 1.54) is 29.1 Å². The van der Waals surface area contributed by atoms with Crippen molar-refractivity contribution in [1.82, 2.24) is 15.2 Å². The number of rotatable bonds is 8. The average Bonchev–Trinajstić information content (AvgIpc) is 3.59. The Kier molecular flexibility index (Phi) is 8.44. The molecule has 1 aliphatic rings. The molecule has 5 aromatic rings. The lowest BCUT2D eigenvalue weighted by Crippen LogP contribution is -2.29. The van der Waals surface area contributed by atoms with E-state index in [2.05, 4.69) is 15.2 Å². The average molecular weight is 648 g/mol. The lowest BCUT2D eigenvalue weighted by Gasteiger charge is -2.23. The third-order valence-corrected chi connectivity index (χ3v) is 9.21. The van der Waals surface area contributed by atoms with Crippen LogP contribution in [-0.2, 0) is 15.3 Å². The number of carbonyl (C=O) groups is 2. The van der Waals surface area contributed by atoms with Crippen molar-refractivity contribution in [3.8, 4) is 11.5 Å². The molecule has 12 heteroatoms. The van der Waals surface area contributed by atoms with Crippen LogP contribution in [-0.4, -0.2) is 32.0 Å². The van der Waals surface area contributed by atoms with Gasteiger partial charge in [-0.25, -0.2) is 0 Å². The van der Waals surface area contributed by atoms with Gasteiger partial charge in [0.15, 0.2) is 4.34 Å². The van der Waals surface area contributed by atoms with Crippen molar-refractivity contribution in [2.24, 2.45) is 0 Å². The monoisotopic (exact) mass is 646 g/mol. The molecule has 1 N–H and O–H groups in total. The van der Waals surface area contributed by atoms with Crippen LogP contribution in [0.3, 0.4) is 0 Å². The summed E-state index contributed by atoms with van der Waals surface area (Å²) in [6.45, 7) is 0. The number of amides is 1. The van der Waals surface area contributed by atoms with Gasteiger partial charge < -0.3 is 9.84 Å². The predicted octanol–water partition coefficient (Wildman–Crippen LogP) is 7.95. The molecular formula is C31H20Cl2N4O4S2. The minimum atomic E-state index is -0.996. The summed E-state index contributed by atoms with van der Waals surface area (Å²) in [5, 5.41) is 21.1. The van der Waals surface area contributed by atoms with E-state index in [1.807, 2.05) is 36.4 Å². The normalized spacial score (nSPS) is 16.0. The smallest absolute Gasteiger partial charge is 0.301 e. The highest BCUT2D eigenvalue weighted by Gasteiger charge is 2.48. The van der Waals surface area contributed by atoms with Crippen LogP contribution in [0.5, 0.6) is 11.5 Å². The Morgan fingerprint density at radius 1 is 0.930 bits per heavy atom. The molecular weight excluding hydrogens is 627 g/mol. The molecule has 1 fully saturated rings. The number of hydrogen-bond acceptors (Lipinski definition) is 9. The van der Waals surface area contributed by atoms with Crippen molar-refractivity contribution in [1.29, 1.82) is 0 Å². The first-order valence-electron chi connectivity index (χ1n) is 12.8. The molecule has 3 heterocycles. The van der Waals surface area contributed by atoms with E-state index in [9.17, 15) is 14.7 Å². The molecule has 0 aliphatic carbocycles. The number of ketones is 1. The molecule has 0 bridgehead atoms. The Morgan fingerprint density at radius 3 is 2.47 bits per heavy atom. The number of aliphatic hydroxyl groups is 1. The van der Waals surface area contributed by atoms with Gasteiger partial charge >= 0.3 is 5.91 Å². The predicted molar refractivity (Wildman–Crippen MR) is 168 cm³/mol. The summed E-state index contributed by atoms with van der Waals surface area (Å²) < 4.78 is 6.59. The quantitative estimate of drug-likeness (QED) is 0.0595. The zero-order valence-electron chi connectivity index (χ0n) is 22.1. The number of nitrogens with zero attached hydrogens (tertiary/aromatic N) is 4. The topological polar surface area (TPSA) is 106 Å². The van der Waals surface area contributed by atoms with Gasteiger partial charge in [-0.3, -0.25) is 19.5 Å². The van der Waals surface area contributed by atoms with E-state index in [0.717, 1.165) is 16.9 Å². The number of pyridine rings is 1. The highest BCUT2D eigenvalue weighted by molar-refractivity contribution is 8.00. The molecule has 1 atom stereocenters. The summed E-state index contributed by atoms with van der Waals surface area (Å²) in [5.74, 6) is -0.384. The number of aliphatic hydroxyl groups excluding tert-OH is 1. The van der Waals surface area contributed by atoms with Gasteiger partial charge in [0.25, 0.3) is 5.78 Å². The van der Waals surface area contributed by atoms with E-state index in [4.69, 9.17) is 27.9 Å². The highest BCUT2D eigenvalue weighted by Crippen LogP contribution is 2.45. The van der Waals surface area contributed by atoms with Crippen LogP contribution < -0.4 is 9.64 Å². The number of para-hydroxylation sites is 1. The van der Waals surface area contributed by atoms with Gasteiger partial charge in [0, 0.05) is 33.8 Å². The van der Waals surface area contributed by atoms with Crippen molar-refractivity contribution in [2.75, 3.05) is 4.90 Å². The Balaban J connectivity index is 1.38. The third kappa shape index (κ3) is 6.14. The minimum absolute atomic E-state index is 0.0783. The van der Waals surface area contributed by atoms with Gasteiger partial charge in [0.1, 0.15) is 17.3 Å². The van der Waals surface area contributed by atoms with Crippen LogP contribution in [0.15, 0.2) is 107 Å². The van der Waals surface area contributed by atoms with Crippen LogP contribution in [0.4, 0.5) is 5.13 Å². The molecule has 1 aliphatic heterocycles. The molecule has 214 valence electrons. The first-order chi connectivity index (χ1) is 20.9. The van der Waals surface area contributed by atoms with Crippen LogP contribution >= 0.6 is 46.3 Å². The van der Waals surface area contributed by atoms with E-state index >= 15 is 0 Å². The second-order valence-corrected chi connectivity index (χ2v) is 12.3. The number of ether oxygens (including phenoxy) is 1. The number of halogens is 2. The summed E-state index contributed by atoms with van der Waals surface area (Å²) in [7, 11) is 0. The summed E-state index contributed by atoms with van der Waals surface area (Å²) >= 11 is 14.9. The summed E-state index contributed by atoms with van der Waals surface area (Å²) in [5.41, 5.74) is 1.68. The number of thioether (sulfide) groups is 1. The molecule has 0 radical (unpaired) electrons. The standard InChI is InChI=1S/C31H20Cl2N4O4S2/c32-21-10-9-20(24(33)16-21)17-42-31-36-35-30(43-31)37-26(19-5-4-8-23(15-19)41-22-6-2-1-3-7-22)25(28(39)29(37)40)27(38)18-11-13-34-14-12-18/h1-16,26,38H,17H2. The van der Waals surface area contributed by atoms with Crippen LogP contribution in [0.2, 0.25) is 10.0 Å². The lowest BCUT2D eigenvalue weighted by molar-refractivity contribution is -0.132. The second-order valence-electron chi connectivity index (χ2n) is 9.27. The number of Topliss-reactive ketones (excluding diaryl/α,β-unsaturated/α-hetero) is 1. The SMILES string of the molecule is O=C1C(=O)N(c2nnc(SCc3ccc(Cl)cc3Cl)s2)C(c2cccc(Oc3ccccc3)c2)C1=C(O)c1ccncc1. The first-order valence-corrected chi connectivity index (χ1v) is 15.4. The van der Waals surface area contributed by atoms with Crippen molar-refractivity contribution >= 4 is 68.9 Å². The molecule has 1 saturated heterocycles. The Labute approximate surface area is 264 Å². The molecule has 3 aromatic carbocycles. The minimum Gasteiger partial charge on any atom is -0.507 e.